The maximum Gasteiger partial charge on any atom is 0.340 e. The van der Waals surface area contributed by atoms with Gasteiger partial charge in [0, 0.05) is 18.7 Å². The van der Waals surface area contributed by atoms with E-state index in [1.807, 2.05) is 0 Å². The van der Waals surface area contributed by atoms with Gasteiger partial charge < -0.3 is 9.47 Å². The van der Waals surface area contributed by atoms with Gasteiger partial charge in [-0.2, -0.15) is 0 Å². The lowest BCUT2D eigenvalue weighted by molar-refractivity contribution is -0.386. The van der Waals surface area contributed by atoms with Gasteiger partial charge in [-0.3, -0.25) is 29.6 Å². The highest BCUT2D eigenvalue weighted by Crippen LogP contribution is 2.44. The number of carbonyl (C=O) groups is 1. The van der Waals surface area contributed by atoms with E-state index in [0.717, 1.165) is 0 Å². The lowest BCUT2D eigenvalue weighted by Crippen LogP contribution is -2.34. The summed E-state index contributed by atoms with van der Waals surface area (Å²) >= 11 is 0. The second-order valence-electron chi connectivity index (χ2n) is 7.06. The largest absolute Gasteiger partial charge is 0.458 e. The SMILES string of the molecule is COC1C(=O)OCc2c1c([N+](=O)[O-])c1n(c2=O)Cc2cc3c([N+](=O)[O-])cccc3nc2-1. The van der Waals surface area contributed by atoms with Crippen molar-refractivity contribution in [1.29, 1.82) is 0 Å². The van der Waals surface area contributed by atoms with E-state index in [1.165, 1.54) is 29.9 Å². The van der Waals surface area contributed by atoms with Crippen LogP contribution in [0.4, 0.5) is 11.4 Å². The Morgan fingerprint density at radius 3 is 2.68 bits per heavy atom. The van der Waals surface area contributed by atoms with Crippen molar-refractivity contribution in [3.05, 3.63) is 71.5 Å². The number of cyclic esters (lactones) is 1. The van der Waals surface area contributed by atoms with Crippen molar-refractivity contribution < 1.29 is 24.1 Å². The average Bonchev–Trinajstić information content (AvgIpc) is 3.10. The van der Waals surface area contributed by atoms with Gasteiger partial charge in [0.25, 0.3) is 11.2 Å². The molecule has 1 unspecified atom stereocenters. The molecular formula is C19H12N4O8. The Morgan fingerprint density at radius 1 is 1.23 bits per heavy atom. The maximum absolute atomic E-state index is 13.1. The van der Waals surface area contributed by atoms with Crippen molar-refractivity contribution in [2.45, 2.75) is 19.3 Å². The summed E-state index contributed by atoms with van der Waals surface area (Å²) < 4.78 is 11.3. The number of methoxy groups -OCH3 is 1. The third-order valence-electron chi connectivity index (χ3n) is 5.50. The summed E-state index contributed by atoms with van der Waals surface area (Å²) in [7, 11) is 1.19. The minimum atomic E-state index is -1.42. The maximum atomic E-state index is 13.1. The van der Waals surface area contributed by atoms with E-state index in [4.69, 9.17) is 9.47 Å². The Labute approximate surface area is 171 Å². The number of nitrogens with zero attached hydrogens (tertiary/aromatic N) is 4. The Bertz CT molecular complexity index is 1410. The highest BCUT2D eigenvalue weighted by molar-refractivity contribution is 5.93. The Balaban J connectivity index is 1.88. The molecule has 31 heavy (non-hydrogen) atoms. The minimum absolute atomic E-state index is 0.0368. The van der Waals surface area contributed by atoms with E-state index in [9.17, 15) is 29.8 Å². The van der Waals surface area contributed by atoms with Gasteiger partial charge >= 0.3 is 11.7 Å². The Morgan fingerprint density at radius 2 is 2.00 bits per heavy atom. The van der Waals surface area contributed by atoms with E-state index in [-0.39, 0.29) is 45.6 Å². The lowest BCUT2D eigenvalue weighted by atomic mass is 9.97. The number of benzene rings is 1. The molecule has 3 aromatic rings. The topological polar surface area (TPSA) is 157 Å². The molecule has 4 heterocycles. The van der Waals surface area contributed by atoms with Gasteiger partial charge in [0.1, 0.15) is 12.3 Å². The van der Waals surface area contributed by atoms with E-state index in [1.54, 1.807) is 6.07 Å². The molecule has 0 saturated carbocycles. The molecule has 2 aromatic heterocycles. The molecule has 1 atom stereocenters. The van der Waals surface area contributed by atoms with Crippen molar-refractivity contribution in [3.8, 4) is 11.4 Å². The normalized spacial score (nSPS) is 16.4. The van der Waals surface area contributed by atoms with Crippen molar-refractivity contribution in [2.75, 3.05) is 7.11 Å². The van der Waals surface area contributed by atoms with Crippen molar-refractivity contribution >= 4 is 28.2 Å². The number of pyridine rings is 2. The Kier molecular flexibility index (Phi) is 3.89. The Hall–Kier alpha value is -4.19. The van der Waals surface area contributed by atoms with Crippen LogP contribution in [0.15, 0.2) is 29.1 Å². The highest BCUT2D eigenvalue weighted by atomic mass is 16.6. The van der Waals surface area contributed by atoms with Crippen molar-refractivity contribution in [2.24, 2.45) is 0 Å². The first-order chi connectivity index (χ1) is 14.8. The number of aromatic nitrogens is 2. The van der Waals surface area contributed by atoms with Crippen LogP contribution in [0.1, 0.15) is 22.8 Å². The van der Waals surface area contributed by atoms with Gasteiger partial charge in [0.15, 0.2) is 6.10 Å². The summed E-state index contributed by atoms with van der Waals surface area (Å²) in [5, 5.41) is 23.7. The number of carbonyl (C=O) groups excluding carboxylic acids is 1. The van der Waals surface area contributed by atoms with Crippen molar-refractivity contribution in [1.82, 2.24) is 9.55 Å². The summed E-state index contributed by atoms with van der Waals surface area (Å²) in [5.74, 6) is -0.831. The first-order valence-corrected chi connectivity index (χ1v) is 9.04. The molecule has 0 fully saturated rings. The fourth-order valence-corrected chi connectivity index (χ4v) is 4.20. The summed E-state index contributed by atoms with van der Waals surface area (Å²) in [6.07, 6.45) is -1.42. The standard InChI is InChI=1S/C19H12N4O8/c1-30-17-13-10(7-31-19(17)25)18(24)21-6-8-5-9-11(3-2-4-12(9)22(26)27)20-14(8)16(21)15(13)23(28)29/h2-5,17H,6-7H2,1H3. The number of nitro benzene ring substituents is 1. The van der Waals surface area contributed by atoms with Crippen LogP contribution in [0, 0.1) is 20.2 Å². The molecule has 5 rings (SSSR count). The number of esters is 1. The molecule has 12 heteroatoms. The molecule has 2 aliphatic heterocycles. The number of hydrogen-bond acceptors (Lipinski definition) is 9. The van der Waals surface area contributed by atoms with E-state index >= 15 is 0 Å². The fourth-order valence-electron chi connectivity index (χ4n) is 4.20. The molecule has 0 aliphatic carbocycles. The quantitative estimate of drug-likeness (QED) is 0.272. The number of rotatable bonds is 3. The fraction of sp³-hybridized carbons (Fsp3) is 0.211. The van der Waals surface area contributed by atoms with Crippen LogP contribution in [-0.4, -0.2) is 32.5 Å². The van der Waals surface area contributed by atoms with Crippen molar-refractivity contribution in [3.63, 3.8) is 0 Å². The van der Waals surface area contributed by atoms with Gasteiger partial charge in [-0.1, -0.05) is 6.07 Å². The van der Waals surface area contributed by atoms with Gasteiger partial charge in [-0.05, 0) is 12.1 Å². The van der Waals surface area contributed by atoms with Crippen LogP contribution in [-0.2, 0) is 27.4 Å². The van der Waals surface area contributed by atoms with E-state index < -0.39 is 39.8 Å². The molecule has 156 valence electrons. The first-order valence-electron chi connectivity index (χ1n) is 9.04. The van der Waals surface area contributed by atoms with Gasteiger partial charge in [-0.15, -0.1) is 0 Å². The third-order valence-corrected chi connectivity index (χ3v) is 5.50. The molecule has 0 N–H and O–H groups in total. The minimum Gasteiger partial charge on any atom is -0.458 e. The summed E-state index contributed by atoms with van der Waals surface area (Å²) in [6.45, 7) is -0.469. The predicted molar refractivity (Wildman–Crippen MR) is 103 cm³/mol. The zero-order valence-electron chi connectivity index (χ0n) is 15.9. The molecule has 0 spiro atoms. The molecule has 1 aromatic carbocycles. The van der Waals surface area contributed by atoms with E-state index in [2.05, 4.69) is 4.98 Å². The average molecular weight is 424 g/mol. The predicted octanol–water partition coefficient (Wildman–Crippen LogP) is 1.99. The van der Waals surface area contributed by atoms with E-state index in [0.29, 0.717) is 5.56 Å². The van der Waals surface area contributed by atoms with Crippen LogP contribution < -0.4 is 5.56 Å². The van der Waals surface area contributed by atoms with Crippen LogP contribution in [0.3, 0.4) is 0 Å². The highest BCUT2D eigenvalue weighted by Gasteiger charge is 2.44. The van der Waals surface area contributed by atoms with Crippen LogP contribution >= 0.6 is 0 Å². The second-order valence-corrected chi connectivity index (χ2v) is 7.06. The lowest BCUT2D eigenvalue weighted by Gasteiger charge is -2.24. The number of hydrogen-bond donors (Lipinski definition) is 0. The second kappa shape index (κ2) is 6.40. The smallest absolute Gasteiger partial charge is 0.340 e. The molecular weight excluding hydrogens is 412 g/mol. The molecule has 12 nitrogen and oxygen atoms in total. The van der Waals surface area contributed by atoms with Crippen LogP contribution in [0.5, 0.6) is 0 Å². The molecule has 0 saturated heterocycles. The zero-order chi connectivity index (χ0) is 22.0. The third kappa shape index (κ3) is 2.48. The van der Waals surface area contributed by atoms with Gasteiger partial charge in [0.2, 0.25) is 0 Å². The number of ether oxygens (including phenoxy) is 2. The van der Waals surface area contributed by atoms with Gasteiger partial charge in [-0.25, -0.2) is 9.78 Å². The zero-order valence-corrected chi connectivity index (χ0v) is 15.9. The number of nitro groups is 2. The monoisotopic (exact) mass is 424 g/mol. The molecule has 2 aliphatic rings. The summed E-state index contributed by atoms with van der Waals surface area (Å²) in [5.41, 5.74) is -0.602. The van der Waals surface area contributed by atoms with Gasteiger partial charge in [0.05, 0.1) is 44.1 Å². The van der Waals surface area contributed by atoms with Crippen LogP contribution in [0.2, 0.25) is 0 Å². The molecule has 0 bridgehead atoms. The molecule has 0 radical (unpaired) electrons. The summed E-state index contributed by atoms with van der Waals surface area (Å²) in [6, 6.07) is 5.85. The number of non-ortho nitro benzene ring substituents is 1. The van der Waals surface area contributed by atoms with Crippen LogP contribution in [0.25, 0.3) is 22.3 Å². The number of fused-ring (bicyclic) bond motifs is 5. The molecule has 0 amide bonds. The summed E-state index contributed by atoms with van der Waals surface area (Å²) in [4.78, 5) is 51.9. The first kappa shape index (κ1) is 18.8.